The lowest BCUT2D eigenvalue weighted by Gasteiger charge is -2.46. The predicted molar refractivity (Wildman–Crippen MR) is 84.5 cm³/mol. The molecule has 0 bridgehead atoms. The van der Waals surface area contributed by atoms with Gasteiger partial charge in [0.05, 0.1) is 0 Å². The molecular weight excluding hydrogens is 263 g/mol. The second kappa shape index (κ2) is 6.45. The number of nitrogens with two attached hydrogens (primary N) is 1. The van der Waals surface area contributed by atoms with E-state index in [2.05, 4.69) is 4.90 Å². The normalized spacial score (nSPS) is 24.1. The number of rotatable bonds is 3. The molecule has 1 aliphatic heterocycles. The topological polar surface area (TPSA) is 29.3 Å². The monoisotopic (exact) mass is 290 g/mol. The second-order valence-corrected chi connectivity index (χ2v) is 6.90. The summed E-state index contributed by atoms with van der Waals surface area (Å²) in [6.07, 6.45) is 9.63. The Kier molecular flexibility index (Phi) is 4.60. The number of hydrogen-bond donors (Lipinski definition) is 1. The van der Waals surface area contributed by atoms with Crippen LogP contribution < -0.4 is 5.73 Å². The molecule has 1 aliphatic carbocycles. The van der Waals surface area contributed by atoms with Crippen molar-refractivity contribution >= 4 is 0 Å². The molecule has 1 unspecified atom stereocenters. The van der Waals surface area contributed by atoms with E-state index in [0.717, 1.165) is 18.7 Å². The van der Waals surface area contributed by atoms with Gasteiger partial charge < -0.3 is 5.73 Å². The Bertz CT molecular complexity index is 458. The van der Waals surface area contributed by atoms with Gasteiger partial charge in [0.25, 0.3) is 0 Å². The highest BCUT2D eigenvalue weighted by molar-refractivity contribution is 5.21. The molecule has 1 aromatic carbocycles. The Morgan fingerprint density at radius 1 is 1.10 bits per heavy atom. The first-order chi connectivity index (χ1) is 10.2. The Morgan fingerprint density at radius 3 is 2.43 bits per heavy atom. The highest BCUT2D eigenvalue weighted by atomic mass is 19.1. The molecule has 0 aromatic heterocycles. The van der Waals surface area contributed by atoms with Gasteiger partial charge in [-0.2, -0.15) is 0 Å². The summed E-state index contributed by atoms with van der Waals surface area (Å²) in [6.45, 7) is 2.78. The molecule has 2 nitrogen and oxygen atoms in total. The minimum atomic E-state index is -0.160. The summed E-state index contributed by atoms with van der Waals surface area (Å²) in [4.78, 5) is 2.47. The number of hydrogen-bond acceptors (Lipinski definition) is 2. The molecule has 116 valence electrons. The summed E-state index contributed by atoms with van der Waals surface area (Å²) >= 11 is 0. The van der Waals surface area contributed by atoms with E-state index in [1.807, 2.05) is 6.07 Å². The smallest absolute Gasteiger partial charge is 0.123 e. The zero-order chi connectivity index (χ0) is 14.7. The molecule has 0 amide bonds. The zero-order valence-electron chi connectivity index (χ0n) is 12.9. The molecule has 1 saturated carbocycles. The lowest BCUT2D eigenvalue weighted by atomic mass is 9.68. The van der Waals surface area contributed by atoms with Crippen molar-refractivity contribution < 1.29 is 4.39 Å². The maximum Gasteiger partial charge on any atom is 0.123 e. The van der Waals surface area contributed by atoms with Gasteiger partial charge in [-0.1, -0.05) is 31.4 Å². The molecule has 2 aliphatic rings. The van der Waals surface area contributed by atoms with Crippen molar-refractivity contribution in [3.05, 3.63) is 35.6 Å². The molecule has 2 fully saturated rings. The van der Waals surface area contributed by atoms with E-state index in [0.29, 0.717) is 12.0 Å². The number of benzene rings is 1. The van der Waals surface area contributed by atoms with Gasteiger partial charge in [-0.25, -0.2) is 4.39 Å². The summed E-state index contributed by atoms with van der Waals surface area (Å²) in [5.74, 6) is -0.160. The molecule has 1 aromatic rings. The van der Waals surface area contributed by atoms with Gasteiger partial charge in [0.15, 0.2) is 0 Å². The van der Waals surface area contributed by atoms with Crippen LogP contribution in [0, 0.1) is 11.2 Å². The van der Waals surface area contributed by atoms with Gasteiger partial charge in [0.2, 0.25) is 0 Å². The molecule has 1 saturated heterocycles. The quantitative estimate of drug-likeness (QED) is 0.915. The number of halogens is 1. The third-order valence-corrected chi connectivity index (χ3v) is 5.67. The standard InChI is InChI=1S/C18H27FN2/c19-16-6-4-5-15(13-16)17(14-20)21-11-9-18(10-12-21)7-2-1-3-8-18/h4-6,13,17H,1-3,7-12,14,20H2. The second-order valence-electron chi connectivity index (χ2n) is 6.90. The maximum atomic E-state index is 13.5. The van der Waals surface area contributed by atoms with Crippen LogP contribution in [0.3, 0.4) is 0 Å². The Morgan fingerprint density at radius 2 is 1.81 bits per heavy atom. The lowest BCUT2D eigenvalue weighted by molar-refractivity contribution is 0.0463. The molecule has 21 heavy (non-hydrogen) atoms. The van der Waals surface area contributed by atoms with E-state index < -0.39 is 0 Å². The van der Waals surface area contributed by atoms with Crippen molar-refractivity contribution in [1.82, 2.24) is 4.90 Å². The highest BCUT2D eigenvalue weighted by Gasteiger charge is 2.37. The summed E-state index contributed by atoms with van der Waals surface area (Å²) in [6, 6.07) is 7.11. The fourth-order valence-corrected chi connectivity index (χ4v) is 4.32. The summed E-state index contributed by atoms with van der Waals surface area (Å²) in [5.41, 5.74) is 7.62. The molecule has 1 heterocycles. The number of nitrogens with zero attached hydrogens (tertiary/aromatic N) is 1. The molecule has 0 radical (unpaired) electrons. The van der Waals surface area contributed by atoms with E-state index in [-0.39, 0.29) is 11.9 Å². The van der Waals surface area contributed by atoms with Crippen LogP contribution in [0.4, 0.5) is 4.39 Å². The van der Waals surface area contributed by atoms with Gasteiger partial charge in [-0.15, -0.1) is 0 Å². The average Bonchev–Trinajstić information content (AvgIpc) is 2.51. The molecule has 1 spiro atoms. The van der Waals surface area contributed by atoms with Crippen LogP contribution >= 0.6 is 0 Å². The number of piperidine rings is 1. The minimum Gasteiger partial charge on any atom is -0.329 e. The van der Waals surface area contributed by atoms with E-state index in [4.69, 9.17) is 5.73 Å². The van der Waals surface area contributed by atoms with Crippen LogP contribution in [0.25, 0.3) is 0 Å². The first-order valence-electron chi connectivity index (χ1n) is 8.42. The summed E-state index contributed by atoms with van der Waals surface area (Å²) < 4.78 is 13.5. The molecule has 3 heteroatoms. The van der Waals surface area contributed by atoms with Crippen molar-refractivity contribution in [3.8, 4) is 0 Å². The SMILES string of the molecule is NCC(c1cccc(F)c1)N1CCC2(CCCCC2)CC1. The van der Waals surface area contributed by atoms with Gasteiger partial charge in [-0.05, 0) is 61.9 Å². The molecule has 1 atom stereocenters. The van der Waals surface area contributed by atoms with Gasteiger partial charge >= 0.3 is 0 Å². The van der Waals surface area contributed by atoms with Gasteiger partial charge in [0, 0.05) is 12.6 Å². The third-order valence-electron chi connectivity index (χ3n) is 5.67. The number of likely N-dealkylation sites (tertiary alicyclic amines) is 1. The van der Waals surface area contributed by atoms with E-state index in [9.17, 15) is 4.39 Å². The van der Waals surface area contributed by atoms with Crippen molar-refractivity contribution in [2.45, 2.75) is 51.0 Å². The minimum absolute atomic E-state index is 0.160. The van der Waals surface area contributed by atoms with Crippen LogP contribution in [0.1, 0.15) is 56.6 Å². The van der Waals surface area contributed by atoms with E-state index >= 15 is 0 Å². The van der Waals surface area contributed by atoms with Crippen molar-refractivity contribution in [2.75, 3.05) is 19.6 Å². The van der Waals surface area contributed by atoms with Crippen LogP contribution in [0.5, 0.6) is 0 Å². The fraction of sp³-hybridized carbons (Fsp3) is 0.667. The Labute approximate surface area is 127 Å². The average molecular weight is 290 g/mol. The Balaban J connectivity index is 1.67. The van der Waals surface area contributed by atoms with Crippen molar-refractivity contribution in [1.29, 1.82) is 0 Å². The van der Waals surface area contributed by atoms with E-state index in [1.54, 1.807) is 12.1 Å². The maximum absolute atomic E-state index is 13.5. The van der Waals surface area contributed by atoms with Gasteiger partial charge in [-0.3, -0.25) is 4.90 Å². The van der Waals surface area contributed by atoms with Crippen molar-refractivity contribution in [3.63, 3.8) is 0 Å². The largest absolute Gasteiger partial charge is 0.329 e. The van der Waals surface area contributed by atoms with Crippen molar-refractivity contribution in [2.24, 2.45) is 11.1 Å². The lowest BCUT2D eigenvalue weighted by Crippen LogP contribution is -2.44. The van der Waals surface area contributed by atoms with Crippen LogP contribution in [0.15, 0.2) is 24.3 Å². The van der Waals surface area contributed by atoms with Crippen LogP contribution in [-0.2, 0) is 0 Å². The summed E-state index contributed by atoms with van der Waals surface area (Å²) in [5, 5.41) is 0. The highest BCUT2D eigenvalue weighted by Crippen LogP contribution is 2.45. The summed E-state index contributed by atoms with van der Waals surface area (Å²) in [7, 11) is 0. The predicted octanol–water partition coefficient (Wildman–Crippen LogP) is 3.87. The molecule has 3 rings (SSSR count). The molecular formula is C18H27FN2. The van der Waals surface area contributed by atoms with Crippen LogP contribution in [0.2, 0.25) is 0 Å². The van der Waals surface area contributed by atoms with Gasteiger partial charge in [0.1, 0.15) is 5.82 Å². The van der Waals surface area contributed by atoms with E-state index in [1.165, 1.54) is 51.0 Å². The first kappa shape index (κ1) is 15.0. The molecule has 2 N–H and O–H groups in total. The fourth-order valence-electron chi connectivity index (χ4n) is 4.32. The first-order valence-corrected chi connectivity index (χ1v) is 8.42. The van der Waals surface area contributed by atoms with Crippen LogP contribution in [-0.4, -0.2) is 24.5 Å². The third kappa shape index (κ3) is 3.29. The Hall–Kier alpha value is -0.930. The zero-order valence-corrected chi connectivity index (χ0v) is 12.9.